The van der Waals surface area contributed by atoms with Crippen molar-refractivity contribution < 1.29 is 0 Å². The molecule has 0 saturated heterocycles. The number of halogens is 1. The summed E-state index contributed by atoms with van der Waals surface area (Å²) in [6, 6.07) is 0.589. The molecule has 3 nitrogen and oxygen atoms in total. The highest BCUT2D eigenvalue weighted by Gasteiger charge is 2.30. The summed E-state index contributed by atoms with van der Waals surface area (Å²) in [6.45, 7) is 7.93. The molecule has 1 aromatic heterocycles. The summed E-state index contributed by atoms with van der Waals surface area (Å²) >= 11 is 3.77. The van der Waals surface area contributed by atoms with Gasteiger partial charge in [0.05, 0.1) is 15.9 Å². The summed E-state index contributed by atoms with van der Waals surface area (Å²) in [4.78, 5) is 0. The van der Waals surface area contributed by atoms with Crippen LogP contribution in [0.4, 0.5) is 0 Å². The standard InChI is InChI=1S/C17H30BrN3/c1-5-9-19-15(13-8-7-12(3)10-13)11-16-17(18)14(6-2)20-21(16)4/h12-13,15,19H,5-11H2,1-4H3. The highest BCUT2D eigenvalue weighted by molar-refractivity contribution is 9.10. The molecule has 1 heterocycles. The van der Waals surface area contributed by atoms with Gasteiger partial charge in [0, 0.05) is 19.5 Å². The topological polar surface area (TPSA) is 29.9 Å². The van der Waals surface area contributed by atoms with Gasteiger partial charge in [-0.3, -0.25) is 4.68 Å². The van der Waals surface area contributed by atoms with Crippen LogP contribution in [-0.4, -0.2) is 22.4 Å². The molecule has 21 heavy (non-hydrogen) atoms. The molecule has 3 unspecified atom stereocenters. The summed E-state index contributed by atoms with van der Waals surface area (Å²) < 4.78 is 3.30. The maximum absolute atomic E-state index is 4.65. The molecular weight excluding hydrogens is 326 g/mol. The van der Waals surface area contributed by atoms with E-state index in [4.69, 9.17) is 0 Å². The maximum Gasteiger partial charge on any atom is 0.0766 e. The van der Waals surface area contributed by atoms with Crippen LogP contribution in [0.2, 0.25) is 0 Å². The van der Waals surface area contributed by atoms with Gasteiger partial charge in [0.25, 0.3) is 0 Å². The highest BCUT2D eigenvalue weighted by Crippen LogP contribution is 2.34. The number of nitrogens with zero attached hydrogens (tertiary/aromatic N) is 2. The van der Waals surface area contributed by atoms with E-state index in [1.165, 1.54) is 41.5 Å². The number of nitrogens with one attached hydrogen (secondary N) is 1. The van der Waals surface area contributed by atoms with Crippen molar-refractivity contribution in [2.75, 3.05) is 6.54 Å². The highest BCUT2D eigenvalue weighted by atomic mass is 79.9. The Morgan fingerprint density at radius 3 is 2.67 bits per heavy atom. The molecule has 1 aliphatic carbocycles. The molecule has 0 aliphatic heterocycles. The Hall–Kier alpha value is -0.350. The largest absolute Gasteiger partial charge is 0.313 e. The van der Waals surface area contributed by atoms with Crippen LogP contribution in [0.3, 0.4) is 0 Å². The van der Waals surface area contributed by atoms with Gasteiger partial charge in [-0.2, -0.15) is 5.10 Å². The molecule has 0 radical (unpaired) electrons. The molecule has 1 fully saturated rings. The van der Waals surface area contributed by atoms with E-state index in [0.717, 1.165) is 31.2 Å². The molecule has 1 aromatic rings. The van der Waals surface area contributed by atoms with Crippen molar-refractivity contribution in [3.63, 3.8) is 0 Å². The normalized spacial score (nSPS) is 23.7. The van der Waals surface area contributed by atoms with Crippen LogP contribution in [0.25, 0.3) is 0 Å². The minimum absolute atomic E-state index is 0.589. The van der Waals surface area contributed by atoms with Gasteiger partial charge in [-0.15, -0.1) is 0 Å². The van der Waals surface area contributed by atoms with E-state index in [9.17, 15) is 0 Å². The van der Waals surface area contributed by atoms with Crippen molar-refractivity contribution in [3.05, 3.63) is 15.9 Å². The molecule has 0 bridgehead atoms. The summed E-state index contributed by atoms with van der Waals surface area (Å²) in [7, 11) is 2.08. The van der Waals surface area contributed by atoms with E-state index in [-0.39, 0.29) is 0 Å². The van der Waals surface area contributed by atoms with Crippen molar-refractivity contribution >= 4 is 15.9 Å². The van der Waals surface area contributed by atoms with Crippen molar-refractivity contribution in [3.8, 4) is 0 Å². The smallest absolute Gasteiger partial charge is 0.0766 e. The third-order valence-electron chi connectivity index (χ3n) is 4.88. The van der Waals surface area contributed by atoms with Crippen molar-refractivity contribution in [1.82, 2.24) is 15.1 Å². The first kappa shape index (κ1) is 17.0. The van der Waals surface area contributed by atoms with E-state index < -0.39 is 0 Å². The zero-order valence-electron chi connectivity index (χ0n) is 14.0. The van der Waals surface area contributed by atoms with Crippen molar-refractivity contribution in [2.24, 2.45) is 18.9 Å². The Labute approximate surface area is 138 Å². The van der Waals surface area contributed by atoms with Gasteiger partial charge in [0.15, 0.2) is 0 Å². The van der Waals surface area contributed by atoms with Crippen LogP contribution in [0.1, 0.15) is 57.8 Å². The third kappa shape index (κ3) is 4.10. The maximum atomic E-state index is 4.65. The Kier molecular flexibility index (Phi) is 6.30. The lowest BCUT2D eigenvalue weighted by Crippen LogP contribution is -2.38. The minimum atomic E-state index is 0.589. The van der Waals surface area contributed by atoms with E-state index in [0.29, 0.717) is 6.04 Å². The molecule has 120 valence electrons. The quantitative estimate of drug-likeness (QED) is 0.797. The number of aromatic nitrogens is 2. The molecule has 1 aliphatic rings. The minimum Gasteiger partial charge on any atom is -0.313 e. The molecule has 4 heteroatoms. The monoisotopic (exact) mass is 355 g/mol. The average Bonchev–Trinajstić information content (AvgIpc) is 3.00. The number of rotatable bonds is 7. The molecule has 0 amide bonds. The van der Waals surface area contributed by atoms with Gasteiger partial charge in [-0.1, -0.05) is 27.2 Å². The summed E-state index contributed by atoms with van der Waals surface area (Å²) in [5, 5.41) is 8.45. The zero-order chi connectivity index (χ0) is 15.4. The first-order chi connectivity index (χ1) is 10.1. The van der Waals surface area contributed by atoms with Crippen LogP contribution in [0, 0.1) is 11.8 Å². The molecular formula is C17H30BrN3. The van der Waals surface area contributed by atoms with Crippen LogP contribution in [0.15, 0.2) is 4.47 Å². The summed E-state index contributed by atoms with van der Waals surface area (Å²) in [5.74, 6) is 1.71. The van der Waals surface area contributed by atoms with Crippen molar-refractivity contribution in [1.29, 1.82) is 0 Å². The summed E-state index contributed by atoms with van der Waals surface area (Å²) in [6.07, 6.45) is 7.41. The van der Waals surface area contributed by atoms with Gasteiger partial charge >= 0.3 is 0 Å². The molecule has 1 saturated carbocycles. The SMILES string of the molecule is CCCNC(Cc1c(Br)c(CC)nn1C)C1CCC(C)C1. The predicted molar refractivity (Wildman–Crippen MR) is 92.6 cm³/mol. The number of aryl methyl sites for hydroxylation is 2. The van der Waals surface area contributed by atoms with Gasteiger partial charge in [0.1, 0.15) is 0 Å². The fraction of sp³-hybridized carbons (Fsp3) is 0.824. The van der Waals surface area contributed by atoms with E-state index in [1.807, 2.05) is 0 Å². The van der Waals surface area contributed by atoms with E-state index in [1.54, 1.807) is 0 Å². The fourth-order valence-corrected chi connectivity index (χ4v) is 4.38. The van der Waals surface area contributed by atoms with Crippen LogP contribution in [0.5, 0.6) is 0 Å². The van der Waals surface area contributed by atoms with Gasteiger partial charge in [-0.05, 0) is 60.0 Å². The second kappa shape index (κ2) is 7.77. The number of hydrogen-bond donors (Lipinski definition) is 1. The zero-order valence-corrected chi connectivity index (χ0v) is 15.5. The lowest BCUT2D eigenvalue weighted by Gasteiger charge is -2.25. The molecule has 2 rings (SSSR count). The lowest BCUT2D eigenvalue weighted by atomic mass is 9.93. The molecule has 3 atom stereocenters. The van der Waals surface area contributed by atoms with E-state index >= 15 is 0 Å². The third-order valence-corrected chi connectivity index (χ3v) is 5.79. The first-order valence-corrected chi connectivity index (χ1v) is 9.29. The van der Waals surface area contributed by atoms with Gasteiger partial charge in [0.2, 0.25) is 0 Å². The van der Waals surface area contributed by atoms with Crippen molar-refractivity contribution in [2.45, 2.75) is 65.3 Å². The van der Waals surface area contributed by atoms with Crippen LogP contribution in [-0.2, 0) is 19.9 Å². The van der Waals surface area contributed by atoms with Crippen LogP contribution >= 0.6 is 15.9 Å². The fourth-order valence-electron chi connectivity index (χ4n) is 3.60. The number of hydrogen-bond acceptors (Lipinski definition) is 2. The molecule has 1 N–H and O–H groups in total. The molecule has 0 aromatic carbocycles. The second-order valence-corrected chi connectivity index (χ2v) is 7.42. The Morgan fingerprint density at radius 2 is 2.14 bits per heavy atom. The van der Waals surface area contributed by atoms with Crippen LogP contribution < -0.4 is 5.32 Å². The second-order valence-electron chi connectivity index (χ2n) is 6.63. The summed E-state index contributed by atoms with van der Waals surface area (Å²) in [5.41, 5.74) is 2.53. The van der Waals surface area contributed by atoms with Gasteiger partial charge < -0.3 is 5.32 Å². The Morgan fingerprint density at radius 1 is 1.38 bits per heavy atom. The predicted octanol–water partition coefficient (Wildman–Crippen LogP) is 4.09. The van der Waals surface area contributed by atoms with E-state index in [2.05, 4.69) is 58.8 Å². The molecule has 0 spiro atoms. The lowest BCUT2D eigenvalue weighted by molar-refractivity contribution is 0.343. The Bertz CT molecular complexity index is 455. The first-order valence-electron chi connectivity index (χ1n) is 8.50. The van der Waals surface area contributed by atoms with Gasteiger partial charge in [-0.25, -0.2) is 0 Å². The average molecular weight is 356 g/mol. The Balaban J connectivity index is 2.12.